The fourth-order valence-electron chi connectivity index (χ4n) is 1.45. The summed E-state index contributed by atoms with van der Waals surface area (Å²) in [5, 5.41) is 18.0. The summed E-state index contributed by atoms with van der Waals surface area (Å²) in [5.41, 5.74) is 5.78. The van der Waals surface area contributed by atoms with Crippen LogP contribution in [0.4, 0.5) is 4.79 Å². The van der Waals surface area contributed by atoms with Crippen molar-refractivity contribution in [3.63, 3.8) is 0 Å². The van der Waals surface area contributed by atoms with E-state index in [2.05, 4.69) is 0 Å². The van der Waals surface area contributed by atoms with Gasteiger partial charge in [-0.15, -0.1) is 0 Å². The Morgan fingerprint density at radius 1 is 1.24 bits per heavy atom. The predicted octanol–water partition coefficient (Wildman–Crippen LogP) is -0.444. The molecule has 0 heterocycles. The molecule has 0 aliphatic rings. The molecule has 8 nitrogen and oxygen atoms in total. The monoisotopic (exact) mass is 296 g/mol. The topological polar surface area (TPSA) is 130 Å². The molecule has 0 spiro atoms. The van der Waals surface area contributed by atoms with Gasteiger partial charge in [-0.1, -0.05) is 30.3 Å². The number of ether oxygens (including phenoxy) is 1. The highest BCUT2D eigenvalue weighted by molar-refractivity contribution is 5.97. The van der Waals surface area contributed by atoms with E-state index in [-0.39, 0.29) is 6.61 Å². The quantitative estimate of drug-likeness (QED) is 0.648. The lowest BCUT2D eigenvalue weighted by Crippen LogP contribution is -2.48. The number of nitrogens with zero attached hydrogens (tertiary/aromatic N) is 1. The highest BCUT2D eigenvalue weighted by Gasteiger charge is 2.29. The van der Waals surface area contributed by atoms with Crippen molar-refractivity contribution in [2.75, 3.05) is 13.1 Å². The van der Waals surface area contributed by atoms with Gasteiger partial charge in [-0.3, -0.25) is 9.59 Å². The van der Waals surface area contributed by atoms with Gasteiger partial charge < -0.3 is 20.7 Å². The molecule has 0 aliphatic heterocycles. The van der Waals surface area contributed by atoms with Gasteiger partial charge in [0.2, 0.25) is 0 Å². The molecule has 0 aliphatic carbocycles. The molecule has 1 rings (SSSR count). The summed E-state index contributed by atoms with van der Waals surface area (Å²) in [6, 6.07) is 8.66. The molecule has 0 saturated heterocycles. The molecule has 1 unspecified atom stereocenters. The summed E-state index contributed by atoms with van der Waals surface area (Å²) in [5.74, 6) is -2.53. The van der Waals surface area contributed by atoms with Gasteiger partial charge in [-0.05, 0) is 5.56 Å². The van der Waals surface area contributed by atoms with Crippen LogP contribution in [-0.4, -0.2) is 52.3 Å². The van der Waals surface area contributed by atoms with Crippen LogP contribution in [0.1, 0.15) is 5.56 Å². The first-order chi connectivity index (χ1) is 9.95. The van der Waals surface area contributed by atoms with Crippen LogP contribution >= 0.6 is 0 Å². The normalized spacial score (nSPS) is 11.5. The number of hydrogen-bond acceptors (Lipinski definition) is 6. The number of carbonyl (C=O) groups excluding carboxylic acids is 2. The van der Waals surface area contributed by atoms with E-state index in [9.17, 15) is 19.5 Å². The highest BCUT2D eigenvalue weighted by Crippen LogP contribution is 2.05. The minimum absolute atomic E-state index is 0.123. The number of aliphatic carboxylic acids is 1. The third kappa shape index (κ3) is 5.21. The van der Waals surface area contributed by atoms with Crippen molar-refractivity contribution in [2.24, 2.45) is 5.73 Å². The zero-order valence-electron chi connectivity index (χ0n) is 11.1. The second kappa shape index (κ2) is 7.98. The molecule has 1 aromatic carbocycles. The van der Waals surface area contributed by atoms with E-state index in [4.69, 9.17) is 15.6 Å². The fourth-order valence-corrected chi connectivity index (χ4v) is 1.45. The summed E-state index contributed by atoms with van der Waals surface area (Å²) in [4.78, 5) is 34.5. The smallest absolute Gasteiger partial charge is 0.417 e. The SMILES string of the molecule is NCC(O)C(=O)N(CC(=O)O)C(=O)OCc1ccccc1. The van der Waals surface area contributed by atoms with Crippen molar-refractivity contribution >= 4 is 18.0 Å². The van der Waals surface area contributed by atoms with E-state index >= 15 is 0 Å². The van der Waals surface area contributed by atoms with Crippen LogP contribution in [0.15, 0.2) is 30.3 Å². The second-order valence-electron chi connectivity index (χ2n) is 4.11. The van der Waals surface area contributed by atoms with Gasteiger partial charge in [0.25, 0.3) is 5.91 Å². The van der Waals surface area contributed by atoms with Gasteiger partial charge in [0.05, 0.1) is 0 Å². The predicted molar refractivity (Wildman–Crippen MR) is 71.0 cm³/mol. The minimum Gasteiger partial charge on any atom is -0.480 e. The van der Waals surface area contributed by atoms with Crippen LogP contribution in [-0.2, 0) is 20.9 Å². The standard InChI is InChI=1S/C13H16N2O6/c14-6-10(16)12(19)15(7-11(17)18)13(20)21-8-9-4-2-1-3-5-9/h1-5,10,16H,6-8,14H2,(H,17,18). The third-order valence-electron chi connectivity index (χ3n) is 2.49. The number of carboxylic acid groups (broad SMARTS) is 1. The zero-order chi connectivity index (χ0) is 15.8. The summed E-state index contributed by atoms with van der Waals surface area (Å²) in [7, 11) is 0. The number of imide groups is 1. The summed E-state index contributed by atoms with van der Waals surface area (Å²) >= 11 is 0. The van der Waals surface area contributed by atoms with Gasteiger partial charge >= 0.3 is 12.1 Å². The molecule has 0 fully saturated rings. The molecule has 0 aromatic heterocycles. The molecule has 1 aromatic rings. The zero-order valence-corrected chi connectivity index (χ0v) is 11.1. The first-order valence-electron chi connectivity index (χ1n) is 6.07. The van der Waals surface area contributed by atoms with Gasteiger partial charge in [0.1, 0.15) is 19.3 Å². The Morgan fingerprint density at radius 3 is 2.38 bits per heavy atom. The van der Waals surface area contributed by atoms with Crippen molar-refractivity contribution in [3.05, 3.63) is 35.9 Å². The van der Waals surface area contributed by atoms with E-state index in [0.717, 1.165) is 0 Å². The Bertz CT molecular complexity index is 505. The lowest BCUT2D eigenvalue weighted by atomic mass is 10.2. The molecule has 21 heavy (non-hydrogen) atoms. The van der Waals surface area contributed by atoms with Crippen LogP contribution in [0.25, 0.3) is 0 Å². The summed E-state index contributed by atoms with van der Waals surface area (Å²) in [6.45, 7) is -1.47. The van der Waals surface area contributed by atoms with E-state index in [1.54, 1.807) is 30.3 Å². The van der Waals surface area contributed by atoms with E-state index in [0.29, 0.717) is 10.5 Å². The van der Waals surface area contributed by atoms with Crippen LogP contribution in [0.5, 0.6) is 0 Å². The van der Waals surface area contributed by atoms with Gasteiger partial charge in [0.15, 0.2) is 0 Å². The molecular weight excluding hydrogens is 280 g/mol. The number of benzene rings is 1. The molecule has 4 N–H and O–H groups in total. The second-order valence-corrected chi connectivity index (χ2v) is 4.11. The molecular formula is C13H16N2O6. The molecule has 2 amide bonds. The Balaban J connectivity index is 2.71. The number of carbonyl (C=O) groups is 3. The number of carboxylic acids is 1. The maximum atomic E-state index is 11.8. The van der Waals surface area contributed by atoms with Crippen molar-refractivity contribution in [1.82, 2.24) is 4.90 Å². The van der Waals surface area contributed by atoms with Crippen LogP contribution in [0.2, 0.25) is 0 Å². The number of rotatable bonds is 6. The lowest BCUT2D eigenvalue weighted by Gasteiger charge is -2.20. The van der Waals surface area contributed by atoms with Crippen molar-refractivity contribution in [3.8, 4) is 0 Å². The van der Waals surface area contributed by atoms with E-state index in [1.165, 1.54) is 0 Å². The minimum atomic E-state index is -1.66. The van der Waals surface area contributed by atoms with Crippen molar-refractivity contribution < 1.29 is 29.3 Å². The fraction of sp³-hybridized carbons (Fsp3) is 0.308. The van der Waals surface area contributed by atoms with E-state index < -0.39 is 37.2 Å². The largest absolute Gasteiger partial charge is 0.480 e. The average molecular weight is 296 g/mol. The molecule has 8 heteroatoms. The molecule has 1 atom stereocenters. The molecule has 0 saturated carbocycles. The van der Waals surface area contributed by atoms with Gasteiger partial charge in [-0.2, -0.15) is 0 Å². The van der Waals surface area contributed by atoms with Gasteiger partial charge in [-0.25, -0.2) is 9.69 Å². The third-order valence-corrected chi connectivity index (χ3v) is 2.49. The Hall–Kier alpha value is -2.45. The van der Waals surface area contributed by atoms with Crippen LogP contribution in [0.3, 0.4) is 0 Å². The van der Waals surface area contributed by atoms with Crippen molar-refractivity contribution in [1.29, 1.82) is 0 Å². The number of hydrogen-bond donors (Lipinski definition) is 3. The number of aliphatic hydroxyl groups is 1. The number of nitrogens with two attached hydrogens (primary N) is 1. The Labute approximate surface area is 120 Å². The lowest BCUT2D eigenvalue weighted by molar-refractivity contribution is -0.146. The van der Waals surface area contributed by atoms with Crippen LogP contribution < -0.4 is 5.73 Å². The van der Waals surface area contributed by atoms with Crippen molar-refractivity contribution in [2.45, 2.75) is 12.7 Å². The Morgan fingerprint density at radius 2 is 1.86 bits per heavy atom. The Kier molecular flexibility index (Phi) is 6.31. The maximum Gasteiger partial charge on any atom is 0.417 e. The highest BCUT2D eigenvalue weighted by atomic mass is 16.6. The number of amides is 2. The number of aliphatic hydroxyl groups excluding tert-OH is 1. The maximum absolute atomic E-state index is 11.8. The van der Waals surface area contributed by atoms with Crippen LogP contribution in [0, 0.1) is 0 Å². The molecule has 0 radical (unpaired) electrons. The average Bonchev–Trinajstić information content (AvgIpc) is 2.49. The summed E-state index contributed by atoms with van der Waals surface area (Å²) in [6.07, 6.45) is -2.81. The summed E-state index contributed by atoms with van der Waals surface area (Å²) < 4.78 is 4.86. The first-order valence-corrected chi connectivity index (χ1v) is 6.07. The van der Waals surface area contributed by atoms with Gasteiger partial charge in [0, 0.05) is 6.54 Å². The first kappa shape index (κ1) is 16.6. The molecule has 114 valence electrons. The molecule has 0 bridgehead atoms. The van der Waals surface area contributed by atoms with E-state index in [1.807, 2.05) is 0 Å².